The van der Waals surface area contributed by atoms with Gasteiger partial charge in [0.15, 0.2) is 12.0 Å². The summed E-state index contributed by atoms with van der Waals surface area (Å²) in [7, 11) is -4.25. The molecule has 1 aliphatic heterocycles. The predicted molar refractivity (Wildman–Crippen MR) is 124 cm³/mol. The lowest BCUT2D eigenvalue weighted by Gasteiger charge is -2.27. The van der Waals surface area contributed by atoms with Gasteiger partial charge >= 0.3 is 19.4 Å². The monoisotopic (exact) mass is 528 g/mol. The second kappa shape index (κ2) is 11.5. The molecule has 198 valence electrons. The zero-order valence-corrected chi connectivity index (χ0v) is 20.7. The van der Waals surface area contributed by atoms with Gasteiger partial charge in [-0.15, -0.1) is 0 Å². The molecule has 36 heavy (non-hydrogen) atoms. The van der Waals surface area contributed by atoms with E-state index < -0.39 is 56.1 Å². The average Bonchev–Trinajstić information content (AvgIpc) is 3.06. The van der Waals surface area contributed by atoms with Gasteiger partial charge in [-0.05, 0) is 39.0 Å². The minimum absolute atomic E-state index is 0.109. The third-order valence-corrected chi connectivity index (χ3v) is 6.96. The number of anilines is 1. The van der Waals surface area contributed by atoms with Crippen molar-refractivity contribution in [1.29, 1.82) is 0 Å². The Morgan fingerprint density at radius 3 is 2.64 bits per heavy atom. The van der Waals surface area contributed by atoms with Crippen molar-refractivity contribution in [1.82, 2.24) is 14.6 Å². The van der Waals surface area contributed by atoms with Crippen molar-refractivity contribution < 1.29 is 43.3 Å². The first-order valence-corrected chi connectivity index (χ1v) is 12.5. The number of hydrogen-bond donors (Lipinski definition) is 5. The van der Waals surface area contributed by atoms with E-state index in [4.69, 9.17) is 23.7 Å². The van der Waals surface area contributed by atoms with Crippen molar-refractivity contribution in [3.63, 3.8) is 0 Å². The first-order chi connectivity index (χ1) is 17.0. The number of aromatic nitrogens is 2. The lowest BCUT2D eigenvalue weighted by atomic mass is 9.96. The number of aliphatic hydroxyl groups is 2. The van der Waals surface area contributed by atoms with E-state index in [9.17, 15) is 24.4 Å². The highest BCUT2D eigenvalue weighted by atomic mass is 31.2. The molecule has 2 unspecified atom stereocenters. The van der Waals surface area contributed by atoms with Crippen LogP contribution in [0.3, 0.4) is 0 Å². The van der Waals surface area contributed by atoms with Crippen LogP contribution in [0.15, 0.2) is 47.4 Å². The molecule has 0 aliphatic carbocycles. The Morgan fingerprint density at radius 1 is 1.33 bits per heavy atom. The zero-order valence-electron chi connectivity index (χ0n) is 19.8. The molecule has 3 rings (SSSR count). The zero-order chi connectivity index (χ0) is 26.5. The molecule has 15 heteroatoms. The highest BCUT2D eigenvalue weighted by Gasteiger charge is 2.54. The van der Waals surface area contributed by atoms with E-state index in [1.807, 2.05) is 0 Å². The molecule has 0 amide bonds. The fraction of sp³-hybridized carbons (Fsp3) is 0.476. The standard InChI is InChI=1S/C21H29N4O10P/c1-4-32-18(27)13(2)24-36(31,35-14-8-6-5-7-9-14)33-12-15-17(26)21(3,29)19(34-15)25-11-10-16(23-30)22-20(25)28/h5-11,13,15,17,19,26,29-30H,4,12H2,1-3H3,(H,24,31)(H,22,23,28)/t13-,15+,17-,19+,21?,36?/m0/s1. The van der Waals surface area contributed by atoms with Crippen molar-refractivity contribution in [2.75, 3.05) is 18.7 Å². The number of ether oxygens (including phenoxy) is 2. The number of hydrogen-bond acceptors (Lipinski definition) is 12. The van der Waals surface area contributed by atoms with Crippen LogP contribution in [0.4, 0.5) is 5.82 Å². The molecule has 0 bridgehead atoms. The lowest BCUT2D eigenvalue weighted by molar-refractivity contribution is -0.144. The number of carbonyl (C=O) groups is 1. The minimum Gasteiger partial charge on any atom is -0.465 e. The number of rotatable bonds is 11. The van der Waals surface area contributed by atoms with E-state index in [-0.39, 0.29) is 18.2 Å². The van der Waals surface area contributed by atoms with Crippen LogP contribution in [0.2, 0.25) is 0 Å². The summed E-state index contributed by atoms with van der Waals surface area (Å²) in [5.74, 6) is -0.640. The molecule has 5 N–H and O–H groups in total. The summed E-state index contributed by atoms with van der Waals surface area (Å²) in [5, 5.41) is 33.0. The topological polar surface area (TPSA) is 191 Å². The number of aliphatic hydroxyl groups excluding tert-OH is 1. The highest BCUT2D eigenvalue weighted by Crippen LogP contribution is 2.46. The molecule has 1 aromatic heterocycles. The molecule has 6 atom stereocenters. The Bertz CT molecular complexity index is 1150. The summed E-state index contributed by atoms with van der Waals surface area (Å²) in [6, 6.07) is 8.23. The highest BCUT2D eigenvalue weighted by molar-refractivity contribution is 7.52. The largest absolute Gasteiger partial charge is 0.465 e. The molecule has 2 aromatic rings. The van der Waals surface area contributed by atoms with Gasteiger partial charge in [0.2, 0.25) is 0 Å². The molecule has 2 heterocycles. The summed E-state index contributed by atoms with van der Waals surface area (Å²) in [4.78, 5) is 28.0. The van der Waals surface area contributed by atoms with Gasteiger partial charge in [0, 0.05) is 6.20 Å². The average molecular weight is 528 g/mol. The number of nitrogens with zero attached hydrogens (tertiary/aromatic N) is 2. The molecule has 1 fully saturated rings. The maximum atomic E-state index is 13.5. The molecular weight excluding hydrogens is 499 g/mol. The summed E-state index contributed by atoms with van der Waals surface area (Å²) >= 11 is 0. The van der Waals surface area contributed by atoms with E-state index in [1.54, 1.807) is 30.6 Å². The Kier molecular flexibility index (Phi) is 8.84. The second-order valence-electron chi connectivity index (χ2n) is 8.11. The molecule has 0 spiro atoms. The fourth-order valence-corrected chi connectivity index (χ4v) is 4.97. The maximum Gasteiger partial charge on any atom is 0.459 e. The second-order valence-corrected chi connectivity index (χ2v) is 9.81. The third kappa shape index (κ3) is 6.28. The van der Waals surface area contributed by atoms with Crippen LogP contribution in [0.25, 0.3) is 0 Å². The Morgan fingerprint density at radius 2 is 2.03 bits per heavy atom. The quantitative estimate of drug-likeness (QED) is 0.156. The van der Waals surface area contributed by atoms with Crippen molar-refractivity contribution >= 4 is 19.5 Å². The van der Waals surface area contributed by atoms with Gasteiger partial charge < -0.3 is 24.2 Å². The molecule has 1 aromatic carbocycles. The van der Waals surface area contributed by atoms with E-state index in [1.165, 1.54) is 38.2 Å². The molecular formula is C21H29N4O10P. The van der Waals surface area contributed by atoms with Crippen LogP contribution in [-0.2, 0) is 23.4 Å². The van der Waals surface area contributed by atoms with Crippen molar-refractivity contribution in [3.05, 3.63) is 53.1 Å². The van der Waals surface area contributed by atoms with Gasteiger partial charge in [-0.25, -0.2) is 9.36 Å². The van der Waals surface area contributed by atoms with Gasteiger partial charge in [-0.2, -0.15) is 10.1 Å². The predicted octanol–water partition coefficient (Wildman–Crippen LogP) is 0.799. The SMILES string of the molecule is CCOC(=O)[C@H](C)NP(=O)(OC[C@H]1O[C@@H](n2ccc(NO)nc2=O)C(C)(O)[C@H]1O)Oc1ccccc1. The number of benzene rings is 1. The summed E-state index contributed by atoms with van der Waals surface area (Å²) < 4.78 is 36.1. The maximum absolute atomic E-state index is 13.5. The van der Waals surface area contributed by atoms with E-state index in [0.29, 0.717) is 0 Å². The smallest absolute Gasteiger partial charge is 0.459 e. The van der Waals surface area contributed by atoms with Gasteiger partial charge in [-0.3, -0.25) is 24.6 Å². The lowest BCUT2D eigenvalue weighted by Crippen LogP contribution is -2.46. The number of nitrogens with one attached hydrogen (secondary N) is 2. The summed E-state index contributed by atoms with van der Waals surface area (Å²) in [5.41, 5.74) is -1.13. The molecule has 0 radical (unpaired) electrons. The first-order valence-electron chi connectivity index (χ1n) is 11.0. The number of esters is 1. The van der Waals surface area contributed by atoms with Gasteiger partial charge in [0.1, 0.15) is 29.6 Å². The Hall–Kier alpha value is -2.84. The molecule has 14 nitrogen and oxygen atoms in total. The van der Waals surface area contributed by atoms with E-state index in [0.717, 1.165) is 4.57 Å². The Labute approximate surface area is 206 Å². The van der Waals surface area contributed by atoms with Gasteiger partial charge in [0.05, 0.1) is 13.2 Å². The van der Waals surface area contributed by atoms with Crippen molar-refractivity contribution in [2.24, 2.45) is 0 Å². The molecule has 1 aliphatic rings. The van der Waals surface area contributed by atoms with Crippen LogP contribution in [0.1, 0.15) is 27.0 Å². The third-order valence-electron chi connectivity index (χ3n) is 5.32. The van der Waals surface area contributed by atoms with Crippen LogP contribution in [-0.4, -0.2) is 68.0 Å². The summed E-state index contributed by atoms with van der Waals surface area (Å²) in [6.07, 6.45) is -3.04. The fourth-order valence-electron chi connectivity index (χ4n) is 3.47. The van der Waals surface area contributed by atoms with E-state index in [2.05, 4.69) is 10.1 Å². The Balaban J connectivity index is 1.79. The number of para-hydroxylation sites is 1. The van der Waals surface area contributed by atoms with Gasteiger partial charge in [0.25, 0.3) is 0 Å². The van der Waals surface area contributed by atoms with Crippen LogP contribution in [0, 0.1) is 0 Å². The number of carbonyl (C=O) groups excluding carboxylic acids is 1. The normalized spacial score (nSPS) is 26.1. The van der Waals surface area contributed by atoms with Crippen molar-refractivity contribution in [3.8, 4) is 5.75 Å². The minimum atomic E-state index is -4.25. The van der Waals surface area contributed by atoms with Crippen LogP contribution < -0.4 is 20.8 Å². The summed E-state index contributed by atoms with van der Waals surface area (Å²) in [6.45, 7) is 3.83. The molecule has 1 saturated heterocycles. The van der Waals surface area contributed by atoms with Crippen LogP contribution in [0.5, 0.6) is 5.75 Å². The van der Waals surface area contributed by atoms with Crippen molar-refractivity contribution in [2.45, 2.75) is 50.8 Å². The van der Waals surface area contributed by atoms with E-state index >= 15 is 0 Å². The van der Waals surface area contributed by atoms with Gasteiger partial charge in [-0.1, -0.05) is 18.2 Å². The first kappa shape index (κ1) is 27.7. The van der Waals surface area contributed by atoms with Crippen LogP contribution >= 0.6 is 7.75 Å². The molecule has 0 saturated carbocycles.